The summed E-state index contributed by atoms with van der Waals surface area (Å²) in [6.07, 6.45) is 1.41. The third-order valence-electron chi connectivity index (χ3n) is 3.04. The van der Waals surface area contributed by atoms with Crippen LogP contribution in [0.2, 0.25) is 0 Å². The lowest BCUT2D eigenvalue weighted by Crippen LogP contribution is -2.09. The van der Waals surface area contributed by atoms with Gasteiger partial charge in [0, 0.05) is 19.8 Å². The summed E-state index contributed by atoms with van der Waals surface area (Å²) in [5.41, 5.74) is 2.81. The minimum Gasteiger partial charge on any atom is -0.347 e. The van der Waals surface area contributed by atoms with E-state index in [-0.39, 0.29) is 0 Å². The number of aryl methyl sites for hydroxylation is 2. The first-order valence-corrected chi connectivity index (χ1v) is 7.34. The van der Waals surface area contributed by atoms with Gasteiger partial charge in [0.1, 0.15) is 5.69 Å². The molecule has 2 heterocycles. The summed E-state index contributed by atoms with van der Waals surface area (Å²) >= 11 is 0. The van der Waals surface area contributed by atoms with E-state index in [2.05, 4.69) is 28.4 Å². The second-order valence-electron chi connectivity index (χ2n) is 4.68. The van der Waals surface area contributed by atoms with E-state index >= 15 is 0 Å². The van der Waals surface area contributed by atoms with Crippen LogP contribution in [0.4, 0.5) is 0 Å². The third-order valence-corrected chi connectivity index (χ3v) is 3.04. The number of nitrogens with zero attached hydrogens (tertiary/aromatic N) is 5. The normalized spacial score (nSPS) is 11.5. The van der Waals surface area contributed by atoms with Crippen LogP contribution in [0.15, 0.2) is 12.3 Å². The van der Waals surface area contributed by atoms with E-state index in [9.17, 15) is 0 Å². The van der Waals surface area contributed by atoms with Gasteiger partial charge in [-0.2, -0.15) is 5.10 Å². The summed E-state index contributed by atoms with van der Waals surface area (Å²) in [6.45, 7) is 10.5. The number of ether oxygens (including phenoxy) is 2. The molecule has 116 valence electrons. The van der Waals surface area contributed by atoms with Crippen LogP contribution in [0, 0.1) is 6.92 Å². The van der Waals surface area contributed by atoms with Gasteiger partial charge in [-0.15, -0.1) is 5.10 Å². The van der Waals surface area contributed by atoms with Gasteiger partial charge >= 0.3 is 0 Å². The van der Waals surface area contributed by atoms with Crippen molar-refractivity contribution in [2.75, 3.05) is 13.2 Å². The predicted octanol–water partition coefficient (Wildman–Crippen LogP) is 1.92. The lowest BCUT2D eigenvalue weighted by molar-refractivity contribution is -0.142. The van der Waals surface area contributed by atoms with Crippen LogP contribution in [0.25, 0.3) is 0 Å². The molecular formula is C14H23N5O2. The fraction of sp³-hybridized carbons (Fsp3) is 0.643. The minimum absolute atomic E-state index is 0.452. The Kier molecular flexibility index (Phi) is 5.46. The maximum atomic E-state index is 5.53. The zero-order valence-electron chi connectivity index (χ0n) is 13.1. The van der Waals surface area contributed by atoms with Crippen molar-refractivity contribution in [2.24, 2.45) is 0 Å². The van der Waals surface area contributed by atoms with Crippen LogP contribution in [0.3, 0.4) is 0 Å². The van der Waals surface area contributed by atoms with Gasteiger partial charge in [0.25, 0.3) is 0 Å². The molecule has 0 amide bonds. The van der Waals surface area contributed by atoms with Crippen LogP contribution in [-0.2, 0) is 22.6 Å². The molecule has 0 radical (unpaired) electrons. The highest BCUT2D eigenvalue weighted by atomic mass is 16.7. The molecule has 0 saturated heterocycles. The third kappa shape index (κ3) is 3.89. The zero-order valence-corrected chi connectivity index (χ0v) is 13.1. The van der Waals surface area contributed by atoms with Gasteiger partial charge in [0.15, 0.2) is 0 Å². The Hall–Kier alpha value is -1.73. The minimum atomic E-state index is -0.452. The first-order valence-electron chi connectivity index (χ1n) is 7.34. The highest BCUT2D eigenvalue weighted by Crippen LogP contribution is 2.16. The molecule has 0 N–H and O–H groups in total. The molecule has 2 rings (SSSR count). The van der Waals surface area contributed by atoms with Gasteiger partial charge in [-0.25, -0.2) is 4.68 Å². The summed E-state index contributed by atoms with van der Waals surface area (Å²) in [5, 5.41) is 12.7. The van der Waals surface area contributed by atoms with E-state index in [0.717, 1.165) is 17.9 Å². The maximum absolute atomic E-state index is 5.53. The fourth-order valence-electron chi connectivity index (χ4n) is 2.19. The largest absolute Gasteiger partial charge is 0.347 e. The molecule has 0 aliphatic rings. The molecule has 0 unspecified atom stereocenters. The Morgan fingerprint density at radius 2 is 1.90 bits per heavy atom. The molecule has 0 aliphatic carbocycles. The summed E-state index contributed by atoms with van der Waals surface area (Å²) in [6, 6.07) is 2.06. The van der Waals surface area contributed by atoms with E-state index in [4.69, 9.17) is 9.47 Å². The summed E-state index contributed by atoms with van der Waals surface area (Å²) in [4.78, 5) is 0. The molecule has 0 bridgehead atoms. The highest BCUT2D eigenvalue weighted by Gasteiger charge is 2.16. The molecule has 0 fully saturated rings. The number of rotatable bonds is 8. The molecule has 2 aromatic heterocycles. The molecular weight excluding hydrogens is 270 g/mol. The molecule has 21 heavy (non-hydrogen) atoms. The van der Waals surface area contributed by atoms with Crippen molar-refractivity contribution in [3.63, 3.8) is 0 Å². The van der Waals surface area contributed by atoms with E-state index in [1.807, 2.05) is 31.6 Å². The van der Waals surface area contributed by atoms with E-state index in [1.54, 1.807) is 4.68 Å². The SMILES string of the molecule is CCOC(OCC)c1cn(Cc2cc(C)nn2CC)nn1. The number of hydrogen-bond acceptors (Lipinski definition) is 5. The van der Waals surface area contributed by atoms with E-state index in [0.29, 0.717) is 25.5 Å². The molecule has 0 spiro atoms. The lowest BCUT2D eigenvalue weighted by atomic mass is 10.3. The smallest absolute Gasteiger partial charge is 0.204 e. The Labute approximate surface area is 124 Å². The van der Waals surface area contributed by atoms with Gasteiger partial charge in [-0.1, -0.05) is 5.21 Å². The summed E-state index contributed by atoms with van der Waals surface area (Å²) in [7, 11) is 0. The van der Waals surface area contributed by atoms with Crippen LogP contribution < -0.4 is 0 Å². The van der Waals surface area contributed by atoms with Crippen LogP contribution in [0.1, 0.15) is 44.1 Å². The Bertz CT molecular complexity index is 557. The molecule has 0 aromatic carbocycles. The average molecular weight is 293 g/mol. The molecule has 0 saturated carbocycles. The second-order valence-corrected chi connectivity index (χ2v) is 4.68. The van der Waals surface area contributed by atoms with Crippen molar-refractivity contribution in [2.45, 2.75) is 47.1 Å². The highest BCUT2D eigenvalue weighted by molar-refractivity contribution is 5.09. The topological polar surface area (TPSA) is 67.0 Å². The van der Waals surface area contributed by atoms with Gasteiger partial charge in [0.2, 0.25) is 6.29 Å². The van der Waals surface area contributed by atoms with Gasteiger partial charge < -0.3 is 9.47 Å². The zero-order chi connectivity index (χ0) is 15.2. The first-order chi connectivity index (χ1) is 10.2. The molecule has 7 heteroatoms. The van der Waals surface area contributed by atoms with Crippen LogP contribution in [-0.4, -0.2) is 38.0 Å². The lowest BCUT2D eigenvalue weighted by Gasteiger charge is -2.13. The Balaban J connectivity index is 2.11. The second kappa shape index (κ2) is 7.33. The number of hydrogen-bond donors (Lipinski definition) is 0. The monoisotopic (exact) mass is 293 g/mol. The molecule has 0 atom stereocenters. The number of aromatic nitrogens is 5. The van der Waals surface area contributed by atoms with Crippen molar-refractivity contribution in [3.05, 3.63) is 29.3 Å². The van der Waals surface area contributed by atoms with Crippen molar-refractivity contribution in [3.8, 4) is 0 Å². The molecule has 0 aliphatic heterocycles. The Morgan fingerprint density at radius 3 is 2.52 bits per heavy atom. The first kappa shape index (κ1) is 15.7. The van der Waals surface area contributed by atoms with E-state index in [1.165, 1.54) is 0 Å². The van der Waals surface area contributed by atoms with Gasteiger partial charge in [-0.3, -0.25) is 4.68 Å². The van der Waals surface area contributed by atoms with Crippen molar-refractivity contribution < 1.29 is 9.47 Å². The molecule has 2 aromatic rings. The van der Waals surface area contributed by atoms with Crippen LogP contribution in [0.5, 0.6) is 0 Å². The summed E-state index contributed by atoms with van der Waals surface area (Å²) < 4.78 is 14.8. The average Bonchev–Trinajstić information content (AvgIpc) is 3.05. The quantitative estimate of drug-likeness (QED) is 0.696. The van der Waals surface area contributed by atoms with Crippen molar-refractivity contribution >= 4 is 0 Å². The maximum Gasteiger partial charge on any atom is 0.204 e. The Morgan fingerprint density at radius 1 is 1.19 bits per heavy atom. The summed E-state index contributed by atoms with van der Waals surface area (Å²) in [5.74, 6) is 0. The van der Waals surface area contributed by atoms with E-state index < -0.39 is 6.29 Å². The van der Waals surface area contributed by atoms with Crippen molar-refractivity contribution in [1.29, 1.82) is 0 Å². The van der Waals surface area contributed by atoms with Gasteiger partial charge in [0.05, 0.1) is 24.1 Å². The van der Waals surface area contributed by atoms with Crippen molar-refractivity contribution in [1.82, 2.24) is 24.8 Å². The van der Waals surface area contributed by atoms with Crippen LogP contribution >= 0.6 is 0 Å². The fourth-order valence-corrected chi connectivity index (χ4v) is 2.19. The molecule has 7 nitrogen and oxygen atoms in total. The standard InChI is InChI=1S/C14H23N5O2/c1-5-19-12(8-11(4)16-19)9-18-10-13(15-17-18)14(20-6-2)21-7-3/h8,10,14H,5-7,9H2,1-4H3. The predicted molar refractivity (Wildman–Crippen MR) is 77.8 cm³/mol. The van der Waals surface area contributed by atoms with Gasteiger partial charge in [-0.05, 0) is 33.8 Å².